The monoisotopic (exact) mass is 318 g/mol. The van der Waals surface area contributed by atoms with E-state index in [1.165, 1.54) is 0 Å². The van der Waals surface area contributed by atoms with Crippen LogP contribution in [0.2, 0.25) is 0 Å². The lowest BCUT2D eigenvalue weighted by Gasteiger charge is -2.54. The summed E-state index contributed by atoms with van der Waals surface area (Å²) in [6.45, 7) is 9.25. The number of nitrogen functional groups attached to an aromatic ring is 1. The van der Waals surface area contributed by atoms with Crippen molar-refractivity contribution in [3.63, 3.8) is 0 Å². The SMILES string of the molecule is CC(C)(C)OC(=O)N1CC2(CCN(c3ccncc3N)CC2)C1. The van der Waals surface area contributed by atoms with Gasteiger partial charge in [-0.25, -0.2) is 4.79 Å². The van der Waals surface area contributed by atoms with Crippen molar-refractivity contribution >= 4 is 17.5 Å². The molecule has 0 saturated carbocycles. The van der Waals surface area contributed by atoms with E-state index in [2.05, 4.69) is 9.88 Å². The highest BCUT2D eigenvalue weighted by molar-refractivity contribution is 5.70. The van der Waals surface area contributed by atoms with E-state index in [-0.39, 0.29) is 11.5 Å². The fraction of sp³-hybridized carbons (Fsp3) is 0.647. The number of nitrogens with zero attached hydrogens (tertiary/aromatic N) is 3. The van der Waals surface area contributed by atoms with Gasteiger partial charge in [0.1, 0.15) is 5.60 Å². The van der Waals surface area contributed by atoms with Crippen molar-refractivity contribution < 1.29 is 9.53 Å². The summed E-state index contributed by atoms with van der Waals surface area (Å²) in [7, 11) is 0. The molecule has 2 saturated heterocycles. The van der Waals surface area contributed by atoms with Gasteiger partial charge in [0.2, 0.25) is 0 Å². The first-order chi connectivity index (χ1) is 10.8. The topological polar surface area (TPSA) is 71.7 Å². The van der Waals surface area contributed by atoms with E-state index in [4.69, 9.17) is 10.5 Å². The van der Waals surface area contributed by atoms with Gasteiger partial charge in [-0.15, -0.1) is 0 Å². The number of hydrogen-bond donors (Lipinski definition) is 1. The minimum atomic E-state index is -0.428. The van der Waals surface area contributed by atoms with Gasteiger partial charge in [0, 0.05) is 37.8 Å². The smallest absolute Gasteiger partial charge is 0.410 e. The Morgan fingerprint density at radius 3 is 2.52 bits per heavy atom. The van der Waals surface area contributed by atoms with Crippen LogP contribution in [-0.2, 0) is 4.74 Å². The number of amides is 1. The Morgan fingerprint density at radius 2 is 1.96 bits per heavy atom. The second-order valence-corrected chi connectivity index (χ2v) is 7.76. The minimum Gasteiger partial charge on any atom is -0.444 e. The molecule has 6 nitrogen and oxygen atoms in total. The van der Waals surface area contributed by atoms with Gasteiger partial charge in [0.15, 0.2) is 0 Å². The van der Waals surface area contributed by atoms with Crippen LogP contribution >= 0.6 is 0 Å². The molecule has 3 heterocycles. The van der Waals surface area contributed by atoms with E-state index in [0.29, 0.717) is 0 Å². The van der Waals surface area contributed by atoms with E-state index < -0.39 is 5.60 Å². The van der Waals surface area contributed by atoms with Gasteiger partial charge in [-0.2, -0.15) is 0 Å². The molecule has 0 bridgehead atoms. The van der Waals surface area contributed by atoms with E-state index in [1.807, 2.05) is 31.7 Å². The molecule has 6 heteroatoms. The molecule has 2 fully saturated rings. The molecule has 0 radical (unpaired) electrons. The normalized spacial score (nSPS) is 20.3. The Bertz CT molecular complexity index is 581. The first-order valence-electron chi connectivity index (χ1n) is 8.20. The first-order valence-corrected chi connectivity index (χ1v) is 8.20. The number of pyridine rings is 1. The van der Waals surface area contributed by atoms with Crippen LogP contribution in [0.4, 0.5) is 16.2 Å². The van der Waals surface area contributed by atoms with Crippen molar-refractivity contribution in [3.8, 4) is 0 Å². The number of anilines is 2. The fourth-order valence-corrected chi connectivity index (χ4v) is 3.44. The number of piperidine rings is 1. The molecule has 1 amide bonds. The third kappa shape index (κ3) is 3.35. The van der Waals surface area contributed by atoms with Crippen LogP contribution in [0.25, 0.3) is 0 Å². The van der Waals surface area contributed by atoms with E-state index in [1.54, 1.807) is 12.4 Å². The molecule has 0 aliphatic carbocycles. The summed E-state index contributed by atoms with van der Waals surface area (Å²) < 4.78 is 5.43. The second-order valence-electron chi connectivity index (χ2n) is 7.76. The fourth-order valence-electron chi connectivity index (χ4n) is 3.44. The maximum Gasteiger partial charge on any atom is 0.410 e. The van der Waals surface area contributed by atoms with Gasteiger partial charge >= 0.3 is 6.09 Å². The predicted molar refractivity (Wildman–Crippen MR) is 90.3 cm³/mol. The second kappa shape index (κ2) is 5.58. The molecule has 1 aromatic heterocycles. The molecule has 0 atom stereocenters. The molecule has 1 spiro atoms. The van der Waals surface area contributed by atoms with Crippen molar-refractivity contribution in [2.75, 3.05) is 36.8 Å². The Morgan fingerprint density at radius 1 is 1.30 bits per heavy atom. The highest BCUT2D eigenvalue weighted by Crippen LogP contribution is 2.42. The summed E-state index contributed by atoms with van der Waals surface area (Å²) in [5.41, 5.74) is 7.64. The van der Waals surface area contributed by atoms with Gasteiger partial charge in [-0.1, -0.05) is 0 Å². The maximum atomic E-state index is 12.1. The molecule has 3 rings (SSSR count). The number of carbonyl (C=O) groups excluding carboxylic acids is 1. The minimum absolute atomic E-state index is 0.191. The van der Waals surface area contributed by atoms with Crippen LogP contribution in [-0.4, -0.2) is 47.8 Å². The summed E-state index contributed by atoms with van der Waals surface area (Å²) in [5.74, 6) is 0. The Hall–Kier alpha value is -1.98. The van der Waals surface area contributed by atoms with E-state index >= 15 is 0 Å². The van der Waals surface area contributed by atoms with Crippen molar-refractivity contribution in [1.82, 2.24) is 9.88 Å². The van der Waals surface area contributed by atoms with E-state index in [0.717, 1.165) is 50.4 Å². The summed E-state index contributed by atoms with van der Waals surface area (Å²) >= 11 is 0. The van der Waals surface area contributed by atoms with Crippen molar-refractivity contribution in [2.24, 2.45) is 5.41 Å². The van der Waals surface area contributed by atoms with Crippen LogP contribution in [0, 0.1) is 5.41 Å². The van der Waals surface area contributed by atoms with Crippen LogP contribution in [0.1, 0.15) is 33.6 Å². The quantitative estimate of drug-likeness (QED) is 0.861. The average Bonchev–Trinajstić information content (AvgIpc) is 2.44. The molecule has 1 aromatic rings. The number of aromatic nitrogens is 1. The number of hydrogen-bond acceptors (Lipinski definition) is 5. The Labute approximate surface area is 137 Å². The highest BCUT2D eigenvalue weighted by atomic mass is 16.6. The lowest BCUT2D eigenvalue weighted by atomic mass is 9.72. The third-order valence-corrected chi connectivity index (χ3v) is 4.70. The van der Waals surface area contributed by atoms with Gasteiger partial charge in [-0.3, -0.25) is 4.98 Å². The molecule has 2 N–H and O–H groups in total. The van der Waals surface area contributed by atoms with Gasteiger partial charge in [0.05, 0.1) is 17.6 Å². The zero-order valence-corrected chi connectivity index (χ0v) is 14.2. The summed E-state index contributed by atoms with van der Waals surface area (Å²) in [6.07, 6.45) is 5.45. The molecule has 23 heavy (non-hydrogen) atoms. The number of ether oxygens (including phenoxy) is 1. The standard InChI is InChI=1S/C17H26N4O2/c1-16(2,3)23-15(22)21-11-17(12-21)5-8-20(9-6-17)14-4-7-19-10-13(14)18/h4,7,10H,5-6,8-9,11-12,18H2,1-3H3. The van der Waals surface area contributed by atoms with Crippen molar-refractivity contribution in [2.45, 2.75) is 39.2 Å². The summed E-state index contributed by atoms with van der Waals surface area (Å²) in [6, 6.07) is 1.97. The zero-order chi connectivity index (χ0) is 16.7. The largest absolute Gasteiger partial charge is 0.444 e. The van der Waals surface area contributed by atoms with Crippen LogP contribution in [0.3, 0.4) is 0 Å². The molecule has 126 valence electrons. The summed E-state index contributed by atoms with van der Waals surface area (Å²) in [4.78, 5) is 20.3. The predicted octanol–water partition coefficient (Wildman–Crippen LogP) is 2.50. The maximum absolute atomic E-state index is 12.1. The molecular weight excluding hydrogens is 292 g/mol. The van der Waals surface area contributed by atoms with Crippen molar-refractivity contribution in [3.05, 3.63) is 18.5 Å². The Kier molecular flexibility index (Phi) is 3.86. The lowest BCUT2D eigenvalue weighted by Crippen LogP contribution is -2.62. The highest BCUT2D eigenvalue weighted by Gasteiger charge is 2.47. The first kappa shape index (κ1) is 15.9. The van der Waals surface area contributed by atoms with Crippen molar-refractivity contribution in [1.29, 1.82) is 0 Å². The van der Waals surface area contributed by atoms with Crippen LogP contribution in [0.15, 0.2) is 18.5 Å². The number of nitrogens with two attached hydrogens (primary N) is 1. The Balaban J connectivity index is 1.53. The molecular formula is C17H26N4O2. The molecule has 2 aliphatic heterocycles. The van der Waals surface area contributed by atoms with E-state index in [9.17, 15) is 4.79 Å². The number of rotatable bonds is 1. The molecule has 0 unspecified atom stereocenters. The lowest BCUT2D eigenvalue weighted by molar-refractivity contribution is -0.0434. The summed E-state index contributed by atoms with van der Waals surface area (Å²) in [5, 5.41) is 0. The van der Waals surface area contributed by atoms with Crippen LogP contribution in [0.5, 0.6) is 0 Å². The molecule has 2 aliphatic rings. The van der Waals surface area contributed by atoms with Gasteiger partial charge in [0.25, 0.3) is 0 Å². The average molecular weight is 318 g/mol. The third-order valence-electron chi connectivity index (χ3n) is 4.70. The van der Waals surface area contributed by atoms with Gasteiger partial charge in [-0.05, 0) is 39.7 Å². The number of likely N-dealkylation sites (tertiary alicyclic amines) is 1. The van der Waals surface area contributed by atoms with Gasteiger partial charge < -0.3 is 20.3 Å². The molecule has 0 aromatic carbocycles. The zero-order valence-electron chi connectivity index (χ0n) is 14.2. The number of carbonyl (C=O) groups is 1. The van der Waals surface area contributed by atoms with Crippen LogP contribution < -0.4 is 10.6 Å².